The number of nitrogens with one attached hydrogen (secondary N) is 2. The standard InChI is InChI=1S/C26H23Cl2FIN3O4/c1-2-36-23-12-16(11-22(30)26(23)37-15-17-3-4-18(27)13-21(17)28)14-31-33-25(35)10-9-24(34)32-20-7-5-19(29)6-8-20/h3-8,11-14H,2,9-10,15H2,1H3,(H,32,34)(H,33,35). The van der Waals surface area contributed by atoms with Gasteiger partial charge in [-0.2, -0.15) is 5.10 Å². The Kier molecular flexibility index (Phi) is 11.0. The van der Waals surface area contributed by atoms with E-state index in [-0.39, 0.29) is 25.4 Å². The Bertz CT molecular complexity index is 1290. The maximum atomic E-state index is 12.9. The average molecular weight is 658 g/mol. The third kappa shape index (κ3) is 9.17. The van der Waals surface area contributed by atoms with Crippen molar-refractivity contribution < 1.29 is 23.5 Å². The van der Waals surface area contributed by atoms with E-state index in [1.54, 1.807) is 24.3 Å². The molecule has 0 aliphatic heterocycles. The molecule has 0 spiro atoms. The third-order valence-electron chi connectivity index (χ3n) is 4.83. The molecule has 0 unspecified atom stereocenters. The van der Waals surface area contributed by atoms with Gasteiger partial charge in [0, 0.05) is 34.1 Å². The largest absolute Gasteiger partial charge is 0.490 e. The minimum atomic E-state index is -0.426. The number of anilines is 1. The number of rotatable bonds is 11. The Morgan fingerprint density at radius 2 is 1.76 bits per heavy atom. The summed E-state index contributed by atoms with van der Waals surface area (Å²) in [4.78, 5) is 24.1. The first-order valence-corrected chi connectivity index (χ1v) is 13.0. The molecule has 37 heavy (non-hydrogen) atoms. The molecule has 0 aromatic heterocycles. The lowest BCUT2D eigenvalue weighted by Crippen LogP contribution is -2.20. The lowest BCUT2D eigenvalue weighted by atomic mass is 10.2. The molecule has 0 saturated carbocycles. The Labute approximate surface area is 237 Å². The van der Waals surface area contributed by atoms with Gasteiger partial charge >= 0.3 is 0 Å². The summed E-state index contributed by atoms with van der Waals surface area (Å²) in [5, 5.41) is 7.62. The van der Waals surface area contributed by atoms with E-state index in [2.05, 4.69) is 38.4 Å². The normalized spacial score (nSPS) is 10.8. The number of carbonyl (C=O) groups excluding carboxylic acids is 2. The highest BCUT2D eigenvalue weighted by Crippen LogP contribution is 2.35. The minimum absolute atomic E-state index is 0.0468. The predicted molar refractivity (Wildman–Crippen MR) is 151 cm³/mol. The molecule has 0 bridgehead atoms. The van der Waals surface area contributed by atoms with Gasteiger partial charge in [0.1, 0.15) is 12.4 Å². The van der Waals surface area contributed by atoms with Crippen molar-refractivity contribution in [2.45, 2.75) is 26.4 Å². The average Bonchev–Trinajstić information content (AvgIpc) is 2.85. The van der Waals surface area contributed by atoms with Crippen molar-refractivity contribution in [3.05, 3.63) is 85.2 Å². The molecule has 3 aromatic rings. The van der Waals surface area contributed by atoms with Crippen molar-refractivity contribution >= 4 is 69.5 Å². The molecule has 7 nitrogen and oxygen atoms in total. The van der Waals surface area contributed by atoms with Crippen LogP contribution in [0.25, 0.3) is 0 Å². The summed E-state index contributed by atoms with van der Waals surface area (Å²) < 4.78 is 25.5. The minimum Gasteiger partial charge on any atom is -0.490 e. The van der Waals surface area contributed by atoms with Crippen LogP contribution in [0, 0.1) is 9.39 Å². The fourth-order valence-electron chi connectivity index (χ4n) is 3.07. The van der Waals surface area contributed by atoms with Gasteiger partial charge in [0.25, 0.3) is 0 Å². The van der Waals surface area contributed by atoms with Gasteiger partial charge in [0.2, 0.25) is 11.8 Å². The van der Waals surface area contributed by atoms with E-state index in [0.717, 1.165) is 9.13 Å². The molecule has 2 N–H and O–H groups in total. The summed E-state index contributed by atoms with van der Waals surface area (Å²) >= 11 is 14.3. The summed E-state index contributed by atoms with van der Waals surface area (Å²) in [6.45, 7) is 2.51. The van der Waals surface area contributed by atoms with Crippen LogP contribution in [0.15, 0.2) is 59.7 Å². The van der Waals surface area contributed by atoms with Crippen molar-refractivity contribution in [2.75, 3.05) is 11.9 Å². The van der Waals surface area contributed by atoms with Crippen molar-refractivity contribution in [1.82, 2.24) is 5.43 Å². The molecule has 0 atom stereocenters. The molecule has 0 aliphatic rings. The van der Waals surface area contributed by atoms with E-state index in [4.69, 9.17) is 32.7 Å². The van der Waals surface area contributed by atoms with E-state index >= 15 is 0 Å². The summed E-state index contributed by atoms with van der Waals surface area (Å²) in [6.07, 6.45) is 1.36. The molecular formula is C26H23Cl2FIN3O4. The monoisotopic (exact) mass is 657 g/mol. The van der Waals surface area contributed by atoms with E-state index in [9.17, 15) is 14.0 Å². The van der Waals surface area contributed by atoms with E-state index in [0.29, 0.717) is 39.4 Å². The first-order valence-electron chi connectivity index (χ1n) is 11.2. The van der Waals surface area contributed by atoms with Crippen molar-refractivity contribution in [2.24, 2.45) is 5.10 Å². The highest BCUT2D eigenvalue weighted by atomic mass is 127. The molecule has 3 aromatic carbocycles. The molecular weight excluding hydrogens is 635 g/mol. The second kappa shape index (κ2) is 14.2. The molecule has 3 rings (SSSR count). The van der Waals surface area contributed by atoms with Crippen LogP contribution in [0.3, 0.4) is 0 Å². The molecule has 2 amide bonds. The van der Waals surface area contributed by atoms with Crippen LogP contribution < -0.4 is 20.2 Å². The van der Waals surface area contributed by atoms with Crippen LogP contribution >= 0.6 is 45.8 Å². The number of benzene rings is 3. The van der Waals surface area contributed by atoms with Gasteiger partial charge in [-0.25, -0.2) is 9.82 Å². The number of hydrazone groups is 1. The Hall–Kier alpha value is -2.89. The van der Waals surface area contributed by atoms with Crippen LogP contribution in [0.5, 0.6) is 11.5 Å². The zero-order valence-corrected chi connectivity index (χ0v) is 23.4. The van der Waals surface area contributed by atoms with Gasteiger partial charge < -0.3 is 14.8 Å². The number of halogens is 4. The quantitative estimate of drug-likeness (QED) is 0.138. The molecule has 0 aliphatic carbocycles. The van der Waals surface area contributed by atoms with Gasteiger partial charge in [-0.3, -0.25) is 9.59 Å². The van der Waals surface area contributed by atoms with Gasteiger partial charge in [0.15, 0.2) is 11.5 Å². The third-order valence-corrected chi connectivity index (χ3v) is 6.22. The first-order chi connectivity index (χ1) is 17.7. The molecule has 194 valence electrons. The predicted octanol–water partition coefficient (Wildman–Crippen LogP) is 6.58. The SMILES string of the molecule is CCOc1cc(C=NNC(=O)CCC(=O)Nc2ccc(F)cc2)cc(I)c1OCc1ccc(Cl)cc1Cl. The highest BCUT2D eigenvalue weighted by molar-refractivity contribution is 14.1. The Morgan fingerprint density at radius 3 is 2.46 bits per heavy atom. The fraction of sp³-hybridized carbons (Fsp3) is 0.192. The molecule has 0 fully saturated rings. The summed E-state index contributed by atoms with van der Waals surface area (Å²) in [6, 6.07) is 14.1. The van der Waals surface area contributed by atoms with Crippen molar-refractivity contribution in [1.29, 1.82) is 0 Å². The molecule has 11 heteroatoms. The smallest absolute Gasteiger partial charge is 0.240 e. The van der Waals surface area contributed by atoms with Crippen molar-refractivity contribution in [3.8, 4) is 11.5 Å². The molecule has 0 saturated heterocycles. The maximum absolute atomic E-state index is 12.9. The van der Waals surface area contributed by atoms with Crippen LogP contribution in [-0.2, 0) is 16.2 Å². The molecule has 0 radical (unpaired) electrons. The summed E-state index contributed by atoms with van der Waals surface area (Å²) in [7, 11) is 0. The van der Waals surface area contributed by atoms with Gasteiger partial charge in [-0.1, -0.05) is 29.3 Å². The van der Waals surface area contributed by atoms with Gasteiger partial charge in [0.05, 0.1) is 16.4 Å². The number of hydrogen-bond acceptors (Lipinski definition) is 5. The van der Waals surface area contributed by atoms with Crippen LogP contribution in [0.2, 0.25) is 10.0 Å². The molecule has 0 heterocycles. The summed E-state index contributed by atoms with van der Waals surface area (Å²) in [5.41, 5.74) is 4.32. The van der Waals surface area contributed by atoms with Crippen molar-refractivity contribution in [3.63, 3.8) is 0 Å². The zero-order valence-electron chi connectivity index (χ0n) is 19.7. The lowest BCUT2D eigenvalue weighted by molar-refractivity contribution is -0.124. The lowest BCUT2D eigenvalue weighted by Gasteiger charge is -2.15. The highest BCUT2D eigenvalue weighted by Gasteiger charge is 2.13. The number of amides is 2. The van der Waals surface area contributed by atoms with E-state index in [1.807, 2.05) is 13.0 Å². The topological polar surface area (TPSA) is 89.0 Å². The van der Waals surface area contributed by atoms with Crippen LogP contribution in [-0.4, -0.2) is 24.6 Å². The van der Waals surface area contributed by atoms with Crippen LogP contribution in [0.4, 0.5) is 10.1 Å². The Morgan fingerprint density at radius 1 is 1.03 bits per heavy atom. The number of carbonyl (C=O) groups is 2. The fourth-order valence-corrected chi connectivity index (χ4v) is 4.32. The number of hydrogen-bond donors (Lipinski definition) is 2. The second-order valence-corrected chi connectivity index (χ2v) is 9.64. The van der Waals surface area contributed by atoms with Gasteiger partial charge in [-0.05, 0) is 83.6 Å². The second-order valence-electron chi connectivity index (χ2n) is 7.64. The zero-order chi connectivity index (χ0) is 26.8. The number of ether oxygens (including phenoxy) is 2. The number of nitrogens with zero attached hydrogens (tertiary/aromatic N) is 1. The van der Waals surface area contributed by atoms with Gasteiger partial charge in [-0.15, -0.1) is 0 Å². The summed E-state index contributed by atoms with van der Waals surface area (Å²) in [5.74, 6) is -0.114. The van der Waals surface area contributed by atoms with E-state index in [1.165, 1.54) is 30.5 Å². The van der Waals surface area contributed by atoms with E-state index < -0.39 is 11.7 Å². The first kappa shape index (κ1) is 28.7. The van der Waals surface area contributed by atoms with Crippen LogP contribution in [0.1, 0.15) is 30.9 Å². The Balaban J connectivity index is 1.55. The maximum Gasteiger partial charge on any atom is 0.240 e.